The van der Waals surface area contributed by atoms with Crippen LogP contribution in [-0.4, -0.2) is 17.6 Å². The zero-order chi connectivity index (χ0) is 14.3. The third-order valence-electron chi connectivity index (χ3n) is 3.10. The van der Waals surface area contributed by atoms with E-state index in [0.29, 0.717) is 12.8 Å². The molecule has 0 radical (unpaired) electrons. The number of aromatic nitrogens is 1. The highest BCUT2D eigenvalue weighted by atomic mass is 19.4. The maximum absolute atomic E-state index is 12.8. The zero-order valence-electron chi connectivity index (χ0n) is 11.4. The molecule has 19 heavy (non-hydrogen) atoms. The lowest BCUT2D eigenvalue weighted by Gasteiger charge is -2.18. The van der Waals surface area contributed by atoms with Gasteiger partial charge in [0.15, 0.2) is 0 Å². The summed E-state index contributed by atoms with van der Waals surface area (Å²) in [4.78, 5) is 3.81. The minimum absolute atomic E-state index is 0.274. The molecule has 1 aromatic rings. The summed E-state index contributed by atoms with van der Waals surface area (Å²) in [5, 5.41) is 3.31. The standard InChI is InChI=1S/C14H21F3N2/c1-3-5-12(19-4-2)7-6-11-10-18-9-8-13(11)14(15,16)17/h8-10,12,19H,3-7H2,1-2H3. The van der Waals surface area contributed by atoms with Crippen LogP contribution in [0.3, 0.4) is 0 Å². The van der Waals surface area contributed by atoms with Crippen LogP contribution in [-0.2, 0) is 12.6 Å². The Balaban J connectivity index is 2.71. The Morgan fingerprint density at radius 1 is 1.26 bits per heavy atom. The number of nitrogens with zero attached hydrogens (tertiary/aromatic N) is 1. The fourth-order valence-corrected chi connectivity index (χ4v) is 2.22. The van der Waals surface area contributed by atoms with Gasteiger partial charge in [0.25, 0.3) is 0 Å². The molecule has 0 spiro atoms. The summed E-state index contributed by atoms with van der Waals surface area (Å²) >= 11 is 0. The van der Waals surface area contributed by atoms with Gasteiger partial charge in [-0.15, -0.1) is 0 Å². The van der Waals surface area contributed by atoms with Crippen molar-refractivity contribution in [2.24, 2.45) is 0 Å². The SMILES string of the molecule is CCCC(CCc1cnccc1C(F)(F)F)NCC. The number of halogens is 3. The van der Waals surface area contributed by atoms with Gasteiger partial charge >= 0.3 is 6.18 Å². The Labute approximate surface area is 112 Å². The van der Waals surface area contributed by atoms with Gasteiger partial charge in [0.1, 0.15) is 0 Å². The number of hydrogen-bond donors (Lipinski definition) is 1. The number of alkyl halides is 3. The maximum atomic E-state index is 12.8. The summed E-state index contributed by atoms with van der Waals surface area (Å²) in [6, 6.07) is 1.33. The van der Waals surface area contributed by atoms with Crippen molar-refractivity contribution in [1.29, 1.82) is 0 Å². The van der Waals surface area contributed by atoms with Gasteiger partial charge < -0.3 is 5.32 Å². The summed E-state index contributed by atoms with van der Waals surface area (Å²) < 4.78 is 38.5. The summed E-state index contributed by atoms with van der Waals surface area (Å²) in [5.41, 5.74) is -0.275. The number of pyridine rings is 1. The van der Waals surface area contributed by atoms with Crippen molar-refractivity contribution in [1.82, 2.24) is 10.3 Å². The molecule has 0 saturated carbocycles. The molecule has 0 aliphatic heterocycles. The molecule has 0 bridgehead atoms. The minimum Gasteiger partial charge on any atom is -0.314 e. The van der Waals surface area contributed by atoms with E-state index in [1.165, 1.54) is 12.4 Å². The van der Waals surface area contributed by atoms with Crippen LogP contribution >= 0.6 is 0 Å². The number of aryl methyl sites for hydroxylation is 1. The second-order valence-corrected chi connectivity index (χ2v) is 4.61. The third-order valence-corrected chi connectivity index (χ3v) is 3.10. The van der Waals surface area contributed by atoms with Gasteiger partial charge in [-0.05, 0) is 37.4 Å². The van der Waals surface area contributed by atoms with Crippen LogP contribution in [0.25, 0.3) is 0 Å². The molecule has 108 valence electrons. The summed E-state index contributed by atoms with van der Waals surface area (Å²) in [7, 11) is 0. The molecule has 0 aliphatic rings. The van der Waals surface area contributed by atoms with Crippen LogP contribution < -0.4 is 5.32 Å². The van der Waals surface area contributed by atoms with E-state index in [0.717, 1.165) is 25.5 Å². The average molecular weight is 274 g/mol. The normalized spacial score (nSPS) is 13.5. The molecule has 1 unspecified atom stereocenters. The van der Waals surface area contributed by atoms with Crippen LogP contribution in [0.5, 0.6) is 0 Å². The second-order valence-electron chi connectivity index (χ2n) is 4.61. The quantitative estimate of drug-likeness (QED) is 0.817. The molecule has 1 rings (SSSR count). The average Bonchev–Trinajstić information content (AvgIpc) is 2.36. The Hall–Kier alpha value is -1.10. The van der Waals surface area contributed by atoms with E-state index in [4.69, 9.17) is 0 Å². The largest absolute Gasteiger partial charge is 0.416 e. The molecule has 1 heterocycles. The lowest BCUT2D eigenvalue weighted by Crippen LogP contribution is -2.29. The molecule has 1 atom stereocenters. The Kier molecular flexibility index (Phi) is 6.28. The van der Waals surface area contributed by atoms with Crippen molar-refractivity contribution in [3.05, 3.63) is 29.6 Å². The van der Waals surface area contributed by atoms with Crippen LogP contribution in [0, 0.1) is 0 Å². The van der Waals surface area contributed by atoms with E-state index in [1.54, 1.807) is 0 Å². The highest BCUT2D eigenvalue weighted by Crippen LogP contribution is 2.32. The van der Waals surface area contributed by atoms with Crippen molar-refractivity contribution < 1.29 is 13.2 Å². The first-order valence-electron chi connectivity index (χ1n) is 6.72. The number of nitrogens with one attached hydrogen (secondary N) is 1. The summed E-state index contributed by atoms with van der Waals surface area (Å²) in [6.07, 6.45) is 1.34. The van der Waals surface area contributed by atoms with E-state index >= 15 is 0 Å². The van der Waals surface area contributed by atoms with E-state index in [-0.39, 0.29) is 11.6 Å². The highest BCUT2D eigenvalue weighted by Gasteiger charge is 2.33. The lowest BCUT2D eigenvalue weighted by atomic mass is 9.99. The molecule has 1 aromatic heterocycles. The van der Waals surface area contributed by atoms with Gasteiger partial charge in [-0.1, -0.05) is 20.3 Å². The fourth-order valence-electron chi connectivity index (χ4n) is 2.22. The predicted octanol–water partition coefficient (Wildman–Crippen LogP) is 3.81. The first-order valence-corrected chi connectivity index (χ1v) is 6.72. The van der Waals surface area contributed by atoms with Crippen molar-refractivity contribution in [2.75, 3.05) is 6.54 Å². The van der Waals surface area contributed by atoms with E-state index in [1.807, 2.05) is 6.92 Å². The van der Waals surface area contributed by atoms with Gasteiger partial charge in [-0.3, -0.25) is 4.98 Å². The molecule has 0 aromatic carbocycles. The van der Waals surface area contributed by atoms with Gasteiger partial charge in [-0.25, -0.2) is 0 Å². The smallest absolute Gasteiger partial charge is 0.314 e. The van der Waals surface area contributed by atoms with Gasteiger partial charge in [-0.2, -0.15) is 13.2 Å². The van der Waals surface area contributed by atoms with Crippen molar-refractivity contribution >= 4 is 0 Å². The molecule has 2 nitrogen and oxygen atoms in total. The number of rotatable bonds is 7. The topological polar surface area (TPSA) is 24.9 Å². The van der Waals surface area contributed by atoms with Gasteiger partial charge in [0.2, 0.25) is 0 Å². The Morgan fingerprint density at radius 2 is 2.00 bits per heavy atom. The van der Waals surface area contributed by atoms with Crippen molar-refractivity contribution in [3.8, 4) is 0 Å². The first-order chi connectivity index (χ1) is 8.99. The summed E-state index contributed by atoms with van der Waals surface area (Å²) in [6.45, 7) is 4.92. The second kappa shape index (κ2) is 7.48. The molecular weight excluding hydrogens is 253 g/mol. The minimum atomic E-state index is -4.29. The van der Waals surface area contributed by atoms with Crippen LogP contribution in [0.4, 0.5) is 13.2 Å². The molecule has 0 saturated heterocycles. The lowest BCUT2D eigenvalue weighted by molar-refractivity contribution is -0.138. The van der Waals surface area contributed by atoms with Crippen LogP contribution in [0.2, 0.25) is 0 Å². The maximum Gasteiger partial charge on any atom is 0.416 e. The summed E-state index contributed by atoms with van der Waals surface area (Å²) in [5.74, 6) is 0. The monoisotopic (exact) mass is 274 g/mol. The van der Waals surface area contributed by atoms with Crippen molar-refractivity contribution in [2.45, 2.75) is 51.7 Å². The van der Waals surface area contributed by atoms with E-state index in [2.05, 4.69) is 17.2 Å². The molecule has 0 aliphatic carbocycles. The molecule has 1 N–H and O–H groups in total. The van der Waals surface area contributed by atoms with Crippen LogP contribution in [0.1, 0.15) is 44.2 Å². The molecular formula is C14H21F3N2. The molecule has 0 fully saturated rings. The zero-order valence-corrected chi connectivity index (χ0v) is 11.4. The Bertz CT molecular complexity index is 371. The van der Waals surface area contributed by atoms with E-state index < -0.39 is 11.7 Å². The fraction of sp³-hybridized carbons (Fsp3) is 0.643. The van der Waals surface area contributed by atoms with Gasteiger partial charge in [0, 0.05) is 18.4 Å². The predicted molar refractivity (Wildman–Crippen MR) is 69.9 cm³/mol. The molecule has 0 amide bonds. The Morgan fingerprint density at radius 3 is 2.58 bits per heavy atom. The highest BCUT2D eigenvalue weighted by molar-refractivity contribution is 5.26. The third kappa shape index (κ3) is 5.19. The first kappa shape index (κ1) is 16.0. The van der Waals surface area contributed by atoms with E-state index in [9.17, 15) is 13.2 Å². The number of hydrogen-bond acceptors (Lipinski definition) is 2. The van der Waals surface area contributed by atoms with Crippen LogP contribution in [0.15, 0.2) is 18.5 Å². The molecule has 5 heteroatoms. The van der Waals surface area contributed by atoms with Crippen molar-refractivity contribution in [3.63, 3.8) is 0 Å². The van der Waals surface area contributed by atoms with Gasteiger partial charge in [0.05, 0.1) is 5.56 Å².